The Hall–Kier alpha value is -2.93. The smallest absolute Gasteiger partial charge is 0.271 e. The van der Waals surface area contributed by atoms with Gasteiger partial charge in [-0.05, 0) is 25.1 Å². The number of nitrogens with zero attached hydrogens (tertiary/aromatic N) is 3. The number of hydrogen-bond donors (Lipinski definition) is 0. The van der Waals surface area contributed by atoms with Crippen molar-refractivity contribution in [3.8, 4) is 17.2 Å². The SMILES string of the molecule is CC(Oc1ccc([N+](=O)[O-])cc1Cl)c1nnc(-c2ccccc2)o1. The molecule has 8 heteroatoms. The fourth-order valence-electron chi connectivity index (χ4n) is 2.04. The third kappa shape index (κ3) is 3.36. The Bertz CT molecular complexity index is 867. The van der Waals surface area contributed by atoms with E-state index in [1.54, 1.807) is 6.92 Å². The molecule has 0 spiro atoms. The maximum atomic E-state index is 10.7. The van der Waals surface area contributed by atoms with Crippen molar-refractivity contribution in [1.82, 2.24) is 10.2 Å². The molecule has 0 amide bonds. The molecule has 2 aromatic carbocycles. The largest absolute Gasteiger partial charge is 0.479 e. The molecule has 0 fully saturated rings. The lowest BCUT2D eigenvalue weighted by atomic mass is 10.2. The van der Waals surface area contributed by atoms with E-state index in [0.717, 1.165) is 5.56 Å². The quantitative estimate of drug-likeness (QED) is 0.501. The van der Waals surface area contributed by atoms with Crippen LogP contribution in [0.3, 0.4) is 0 Å². The first-order valence-electron chi connectivity index (χ1n) is 7.04. The van der Waals surface area contributed by atoms with Crippen molar-refractivity contribution in [3.63, 3.8) is 0 Å². The molecule has 122 valence electrons. The molecule has 1 atom stereocenters. The number of nitro groups is 1. The van der Waals surface area contributed by atoms with Crippen LogP contribution in [-0.2, 0) is 0 Å². The number of non-ortho nitro benzene ring substituents is 1. The molecule has 0 aliphatic heterocycles. The molecule has 0 N–H and O–H groups in total. The zero-order chi connectivity index (χ0) is 17.1. The van der Waals surface area contributed by atoms with Crippen LogP contribution in [0.5, 0.6) is 5.75 Å². The normalized spacial score (nSPS) is 11.9. The second kappa shape index (κ2) is 6.67. The molecule has 0 aliphatic rings. The maximum absolute atomic E-state index is 10.7. The van der Waals surface area contributed by atoms with Gasteiger partial charge in [0.05, 0.1) is 9.95 Å². The van der Waals surface area contributed by atoms with Gasteiger partial charge >= 0.3 is 0 Å². The molecule has 1 aromatic heterocycles. The first-order valence-corrected chi connectivity index (χ1v) is 7.42. The predicted octanol–water partition coefficient (Wildman–Crippen LogP) is 4.44. The van der Waals surface area contributed by atoms with E-state index in [2.05, 4.69) is 10.2 Å². The Kier molecular flexibility index (Phi) is 4.43. The summed E-state index contributed by atoms with van der Waals surface area (Å²) in [5.74, 6) is 0.966. The van der Waals surface area contributed by atoms with Crippen molar-refractivity contribution in [3.05, 3.63) is 69.6 Å². The second-order valence-electron chi connectivity index (χ2n) is 4.94. The van der Waals surface area contributed by atoms with Gasteiger partial charge in [0.1, 0.15) is 5.75 Å². The summed E-state index contributed by atoms with van der Waals surface area (Å²) >= 11 is 6.01. The minimum absolute atomic E-state index is 0.107. The van der Waals surface area contributed by atoms with Crippen LogP contribution in [0.1, 0.15) is 18.9 Å². The van der Waals surface area contributed by atoms with Crippen LogP contribution in [0.25, 0.3) is 11.5 Å². The minimum Gasteiger partial charge on any atom is -0.479 e. The van der Waals surface area contributed by atoms with Gasteiger partial charge < -0.3 is 9.15 Å². The van der Waals surface area contributed by atoms with E-state index in [4.69, 9.17) is 20.8 Å². The molecule has 0 radical (unpaired) electrons. The van der Waals surface area contributed by atoms with Crippen molar-refractivity contribution in [2.24, 2.45) is 0 Å². The van der Waals surface area contributed by atoms with Crippen LogP contribution in [-0.4, -0.2) is 15.1 Å². The Morgan fingerprint density at radius 2 is 1.96 bits per heavy atom. The highest BCUT2D eigenvalue weighted by atomic mass is 35.5. The zero-order valence-electron chi connectivity index (χ0n) is 12.5. The summed E-state index contributed by atoms with van der Waals surface area (Å²) in [6, 6.07) is 13.3. The number of nitro benzene ring substituents is 1. The van der Waals surface area contributed by atoms with Gasteiger partial charge in [0.15, 0.2) is 6.10 Å². The molecule has 0 saturated heterocycles. The molecule has 7 nitrogen and oxygen atoms in total. The molecular formula is C16H12ClN3O4. The fourth-order valence-corrected chi connectivity index (χ4v) is 2.26. The van der Waals surface area contributed by atoms with Gasteiger partial charge in [0, 0.05) is 17.7 Å². The van der Waals surface area contributed by atoms with Crippen molar-refractivity contribution in [1.29, 1.82) is 0 Å². The highest BCUT2D eigenvalue weighted by molar-refractivity contribution is 6.32. The summed E-state index contributed by atoms with van der Waals surface area (Å²) < 4.78 is 11.3. The molecule has 0 aliphatic carbocycles. The molecule has 1 heterocycles. The van der Waals surface area contributed by atoms with Gasteiger partial charge in [-0.15, -0.1) is 10.2 Å². The molecule has 3 aromatic rings. The van der Waals surface area contributed by atoms with Gasteiger partial charge in [0.25, 0.3) is 11.6 Å². The Morgan fingerprint density at radius 1 is 1.21 bits per heavy atom. The van der Waals surface area contributed by atoms with Crippen molar-refractivity contribution >= 4 is 17.3 Å². The van der Waals surface area contributed by atoms with E-state index in [1.807, 2.05) is 30.3 Å². The molecule has 0 saturated carbocycles. The van der Waals surface area contributed by atoms with Crippen LogP contribution in [0.2, 0.25) is 5.02 Å². The molecular weight excluding hydrogens is 334 g/mol. The molecule has 24 heavy (non-hydrogen) atoms. The Balaban J connectivity index is 1.77. The highest BCUT2D eigenvalue weighted by Crippen LogP contribution is 2.32. The Morgan fingerprint density at radius 3 is 2.62 bits per heavy atom. The first kappa shape index (κ1) is 15.9. The van der Waals surface area contributed by atoms with Gasteiger partial charge in [-0.1, -0.05) is 29.8 Å². The summed E-state index contributed by atoms with van der Waals surface area (Å²) in [6.07, 6.45) is -0.561. The molecule has 0 bridgehead atoms. The maximum Gasteiger partial charge on any atom is 0.271 e. The standard InChI is InChI=1S/C16H12ClN3O4/c1-10(23-14-8-7-12(20(21)22)9-13(14)17)15-18-19-16(24-15)11-5-3-2-4-6-11/h2-10H,1H3. The van der Waals surface area contributed by atoms with Crippen molar-refractivity contribution < 1.29 is 14.1 Å². The monoisotopic (exact) mass is 345 g/mol. The van der Waals surface area contributed by atoms with E-state index in [0.29, 0.717) is 11.6 Å². The van der Waals surface area contributed by atoms with Crippen LogP contribution < -0.4 is 4.74 Å². The van der Waals surface area contributed by atoms with Crippen LogP contribution >= 0.6 is 11.6 Å². The number of hydrogen-bond acceptors (Lipinski definition) is 6. The highest BCUT2D eigenvalue weighted by Gasteiger charge is 2.19. The van der Waals surface area contributed by atoms with Crippen LogP contribution in [0.4, 0.5) is 5.69 Å². The first-order chi connectivity index (χ1) is 11.5. The summed E-state index contributed by atoms with van der Waals surface area (Å²) in [6.45, 7) is 1.72. The summed E-state index contributed by atoms with van der Waals surface area (Å²) in [5.41, 5.74) is 0.695. The molecule has 1 unspecified atom stereocenters. The average molecular weight is 346 g/mol. The number of halogens is 1. The second-order valence-corrected chi connectivity index (χ2v) is 5.35. The van der Waals surface area contributed by atoms with Gasteiger partial charge in [-0.3, -0.25) is 10.1 Å². The topological polar surface area (TPSA) is 91.3 Å². The van der Waals surface area contributed by atoms with E-state index < -0.39 is 11.0 Å². The van der Waals surface area contributed by atoms with Gasteiger partial charge in [-0.25, -0.2) is 0 Å². The van der Waals surface area contributed by atoms with E-state index in [-0.39, 0.29) is 16.6 Å². The lowest BCUT2D eigenvalue weighted by Crippen LogP contribution is -2.04. The molecule has 3 rings (SSSR count). The number of benzene rings is 2. The number of aromatic nitrogens is 2. The van der Waals surface area contributed by atoms with Crippen molar-refractivity contribution in [2.75, 3.05) is 0 Å². The lowest BCUT2D eigenvalue weighted by molar-refractivity contribution is -0.384. The minimum atomic E-state index is -0.561. The van der Waals surface area contributed by atoms with Crippen molar-refractivity contribution in [2.45, 2.75) is 13.0 Å². The van der Waals surface area contributed by atoms with Crippen LogP contribution in [0, 0.1) is 10.1 Å². The predicted molar refractivity (Wildman–Crippen MR) is 86.9 cm³/mol. The zero-order valence-corrected chi connectivity index (χ0v) is 13.3. The third-order valence-electron chi connectivity index (χ3n) is 3.24. The third-order valence-corrected chi connectivity index (χ3v) is 3.53. The van der Waals surface area contributed by atoms with Crippen LogP contribution in [0.15, 0.2) is 52.9 Å². The summed E-state index contributed by atoms with van der Waals surface area (Å²) in [4.78, 5) is 10.2. The number of rotatable bonds is 5. The average Bonchev–Trinajstić information content (AvgIpc) is 3.07. The van der Waals surface area contributed by atoms with E-state index in [1.165, 1.54) is 18.2 Å². The van der Waals surface area contributed by atoms with E-state index >= 15 is 0 Å². The van der Waals surface area contributed by atoms with Gasteiger partial charge in [0.2, 0.25) is 5.89 Å². The summed E-state index contributed by atoms with van der Waals surface area (Å²) in [7, 11) is 0. The lowest BCUT2D eigenvalue weighted by Gasteiger charge is -2.12. The Labute approximate surface area is 142 Å². The van der Waals surface area contributed by atoms with Gasteiger partial charge in [-0.2, -0.15) is 0 Å². The van der Waals surface area contributed by atoms with E-state index in [9.17, 15) is 10.1 Å². The summed E-state index contributed by atoms with van der Waals surface area (Å²) in [5, 5.41) is 18.8. The number of ether oxygens (including phenoxy) is 1. The fraction of sp³-hybridized carbons (Fsp3) is 0.125.